The Balaban J connectivity index is 1.73. The van der Waals surface area contributed by atoms with E-state index in [-0.39, 0.29) is 5.91 Å². The van der Waals surface area contributed by atoms with Crippen LogP contribution in [0.3, 0.4) is 0 Å². The molecule has 2 aromatic carbocycles. The predicted molar refractivity (Wildman–Crippen MR) is 107 cm³/mol. The van der Waals surface area contributed by atoms with E-state index < -0.39 is 0 Å². The van der Waals surface area contributed by atoms with Crippen molar-refractivity contribution in [2.24, 2.45) is 0 Å². The minimum atomic E-state index is -0.0284. The fraction of sp³-hybridized carbons (Fsp3) is 0.227. The van der Waals surface area contributed by atoms with Crippen molar-refractivity contribution in [1.82, 2.24) is 14.9 Å². The highest BCUT2D eigenvalue weighted by Gasteiger charge is 2.22. The minimum absolute atomic E-state index is 0.0284. The van der Waals surface area contributed by atoms with Gasteiger partial charge in [-0.25, -0.2) is 9.97 Å². The summed E-state index contributed by atoms with van der Waals surface area (Å²) in [5.41, 5.74) is 3.42. The molecule has 0 spiro atoms. The largest absolute Gasteiger partial charge is 0.340 e. The summed E-state index contributed by atoms with van der Waals surface area (Å²) in [5.74, 6) is 1.15. The molecule has 5 heteroatoms. The third kappa shape index (κ3) is 3.97. The van der Waals surface area contributed by atoms with Crippen molar-refractivity contribution in [3.63, 3.8) is 0 Å². The lowest BCUT2D eigenvalue weighted by Crippen LogP contribution is -2.28. The van der Waals surface area contributed by atoms with Crippen LogP contribution in [-0.4, -0.2) is 33.9 Å². The van der Waals surface area contributed by atoms with E-state index in [1.807, 2.05) is 66.4 Å². The topological polar surface area (TPSA) is 58.1 Å². The van der Waals surface area contributed by atoms with E-state index in [1.165, 1.54) is 0 Å². The number of aromatic nitrogens is 2. The summed E-state index contributed by atoms with van der Waals surface area (Å²) in [7, 11) is 0. The second kappa shape index (κ2) is 7.58. The molecule has 0 saturated carbocycles. The summed E-state index contributed by atoms with van der Waals surface area (Å²) in [6.07, 6.45) is 2.10. The Morgan fingerprint density at radius 3 is 2.48 bits per heavy atom. The molecule has 1 amide bonds. The fourth-order valence-electron chi connectivity index (χ4n) is 3.29. The minimum Gasteiger partial charge on any atom is -0.340 e. The molecule has 1 N–H and O–H groups in total. The number of aryl methyl sites for hydroxylation is 1. The van der Waals surface area contributed by atoms with Gasteiger partial charge in [0.2, 0.25) is 0 Å². The molecule has 4 rings (SSSR count). The number of hydrogen-bond acceptors (Lipinski definition) is 4. The molecule has 1 aliphatic rings. The van der Waals surface area contributed by atoms with Gasteiger partial charge in [0.05, 0.1) is 0 Å². The van der Waals surface area contributed by atoms with Gasteiger partial charge in [0, 0.05) is 30.4 Å². The number of carbonyl (C=O) groups is 1. The van der Waals surface area contributed by atoms with Crippen molar-refractivity contribution < 1.29 is 4.79 Å². The lowest BCUT2D eigenvalue weighted by molar-refractivity contribution is 0.0787. The van der Waals surface area contributed by atoms with Crippen molar-refractivity contribution in [3.8, 4) is 11.4 Å². The number of nitrogens with zero attached hydrogens (tertiary/aromatic N) is 3. The summed E-state index contributed by atoms with van der Waals surface area (Å²) < 4.78 is 0. The Labute approximate surface area is 159 Å². The van der Waals surface area contributed by atoms with Gasteiger partial charge in [0.25, 0.3) is 5.91 Å². The highest BCUT2D eigenvalue weighted by Crippen LogP contribution is 2.22. The molecule has 1 aromatic heterocycles. The van der Waals surface area contributed by atoms with Crippen LogP contribution in [0.4, 0.5) is 11.5 Å². The van der Waals surface area contributed by atoms with Gasteiger partial charge in [0.1, 0.15) is 11.5 Å². The summed E-state index contributed by atoms with van der Waals surface area (Å²) in [6.45, 7) is 3.64. The molecule has 27 heavy (non-hydrogen) atoms. The van der Waals surface area contributed by atoms with Crippen LogP contribution in [0.25, 0.3) is 11.4 Å². The standard InChI is InChI=1S/C22H22N4O/c1-16-8-7-11-18(14-16)23-20-15-19(22(27)26-12-5-6-13-26)24-21(25-20)17-9-3-2-4-10-17/h2-4,7-11,14-15H,5-6,12-13H2,1H3,(H,23,24,25). The number of nitrogens with one attached hydrogen (secondary N) is 1. The molecular weight excluding hydrogens is 336 g/mol. The van der Waals surface area contributed by atoms with E-state index in [0.717, 1.165) is 42.7 Å². The maximum atomic E-state index is 12.9. The Kier molecular flexibility index (Phi) is 4.83. The lowest BCUT2D eigenvalue weighted by Gasteiger charge is -2.16. The zero-order chi connectivity index (χ0) is 18.6. The molecule has 0 radical (unpaired) electrons. The first kappa shape index (κ1) is 17.2. The van der Waals surface area contributed by atoms with Crippen LogP contribution in [0.15, 0.2) is 60.7 Å². The number of amides is 1. The number of benzene rings is 2. The lowest BCUT2D eigenvalue weighted by atomic mass is 10.2. The van der Waals surface area contributed by atoms with Crippen molar-refractivity contribution in [2.75, 3.05) is 18.4 Å². The molecule has 2 heterocycles. The number of rotatable bonds is 4. The van der Waals surface area contributed by atoms with Gasteiger partial charge < -0.3 is 10.2 Å². The average molecular weight is 358 g/mol. The average Bonchev–Trinajstić information content (AvgIpc) is 3.23. The monoisotopic (exact) mass is 358 g/mol. The van der Waals surface area contributed by atoms with E-state index in [4.69, 9.17) is 0 Å². The Hall–Kier alpha value is -3.21. The Morgan fingerprint density at radius 1 is 0.963 bits per heavy atom. The quantitative estimate of drug-likeness (QED) is 0.749. The van der Waals surface area contributed by atoms with Crippen LogP contribution in [0.5, 0.6) is 0 Å². The van der Waals surface area contributed by atoms with Crippen LogP contribution in [-0.2, 0) is 0 Å². The van der Waals surface area contributed by atoms with Gasteiger partial charge in [-0.05, 0) is 37.5 Å². The van der Waals surface area contributed by atoms with Crippen LogP contribution in [0.2, 0.25) is 0 Å². The molecule has 136 valence electrons. The summed E-state index contributed by atoms with van der Waals surface area (Å²) in [6, 6.07) is 19.6. The molecule has 5 nitrogen and oxygen atoms in total. The van der Waals surface area contributed by atoms with Crippen LogP contribution in [0.1, 0.15) is 28.9 Å². The van der Waals surface area contributed by atoms with E-state index in [1.54, 1.807) is 6.07 Å². The summed E-state index contributed by atoms with van der Waals surface area (Å²) in [4.78, 5) is 24.0. The Morgan fingerprint density at radius 2 is 1.74 bits per heavy atom. The maximum absolute atomic E-state index is 12.9. The molecule has 3 aromatic rings. The number of carbonyl (C=O) groups excluding carboxylic acids is 1. The maximum Gasteiger partial charge on any atom is 0.272 e. The fourth-order valence-corrected chi connectivity index (χ4v) is 3.29. The first-order chi connectivity index (χ1) is 13.2. The molecule has 0 aliphatic carbocycles. The second-order valence-corrected chi connectivity index (χ2v) is 6.82. The third-order valence-corrected chi connectivity index (χ3v) is 4.66. The van der Waals surface area contributed by atoms with Gasteiger partial charge in [-0.15, -0.1) is 0 Å². The van der Waals surface area contributed by atoms with Gasteiger partial charge in [-0.1, -0.05) is 42.5 Å². The number of anilines is 2. The predicted octanol–water partition coefficient (Wildman–Crippen LogP) is 4.43. The summed E-state index contributed by atoms with van der Waals surface area (Å²) in [5, 5.41) is 3.32. The SMILES string of the molecule is Cc1cccc(Nc2cc(C(=O)N3CCCC3)nc(-c3ccccc3)n2)c1. The first-order valence-electron chi connectivity index (χ1n) is 9.26. The first-order valence-corrected chi connectivity index (χ1v) is 9.26. The highest BCUT2D eigenvalue weighted by atomic mass is 16.2. The zero-order valence-electron chi connectivity index (χ0n) is 15.4. The second-order valence-electron chi connectivity index (χ2n) is 6.82. The highest BCUT2D eigenvalue weighted by molar-refractivity contribution is 5.93. The molecule has 1 fully saturated rings. The Bertz CT molecular complexity index is 950. The molecule has 1 saturated heterocycles. The van der Waals surface area contributed by atoms with Gasteiger partial charge in [-0.3, -0.25) is 4.79 Å². The van der Waals surface area contributed by atoms with Gasteiger partial charge in [-0.2, -0.15) is 0 Å². The van der Waals surface area contributed by atoms with Gasteiger partial charge in [0.15, 0.2) is 5.82 Å². The molecule has 1 aliphatic heterocycles. The summed E-state index contributed by atoms with van der Waals surface area (Å²) >= 11 is 0. The molecule has 0 bridgehead atoms. The van der Waals surface area contributed by atoms with E-state index in [0.29, 0.717) is 17.3 Å². The number of hydrogen-bond donors (Lipinski definition) is 1. The van der Waals surface area contributed by atoms with Crippen molar-refractivity contribution in [3.05, 3.63) is 71.9 Å². The molecule has 0 unspecified atom stereocenters. The third-order valence-electron chi connectivity index (χ3n) is 4.66. The normalized spacial score (nSPS) is 13.6. The van der Waals surface area contributed by atoms with E-state index in [9.17, 15) is 4.79 Å². The molecular formula is C22H22N4O. The van der Waals surface area contributed by atoms with Crippen LogP contribution < -0.4 is 5.32 Å². The van der Waals surface area contributed by atoms with Crippen molar-refractivity contribution in [1.29, 1.82) is 0 Å². The number of likely N-dealkylation sites (tertiary alicyclic amines) is 1. The smallest absolute Gasteiger partial charge is 0.272 e. The van der Waals surface area contributed by atoms with Crippen LogP contribution >= 0.6 is 0 Å². The van der Waals surface area contributed by atoms with E-state index >= 15 is 0 Å². The zero-order valence-corrected chi connectivity index (χ0v) is 15.4. The van der Waals surface area contributed by atoms with Crippen LogP contribution in [0, 0.1) is 6.92 Å². The van der Waals surface area contributed by atoms with Crippen molar-refractivity contribution in [2.45, 2.75) is 19.8 Å². The molecule has 0 atom stereocenters. The van der Waals surface area contributed by atoms with Gasteiger partial charge >= 0.3 is 0 Å². The van der Waals surface area contributed by atoms with E-state index in [2.05, 4.69) is 15.3 Å². The van der Waals surface area contributed by atoms with Crippen molar-refractivity contribution >= 4 is 17.4 Å².